The van der Waals surface area contributed by atoms with Crippen molar-refractivity contribution in [2.24, 2.45) is 11.8 Å². The first kappa shape index (κ1) is 15.0. The van der Waals surface area contributed by atoms with E-state index in [0.717, 1.165) is 30.6 Å². The summed E-state index contributed by atoms with van der Waals surface area (Å²) in [6.45, 7) is 10.8. The third kappa shape index (κ3) is 3.39. The zero-order chi connectivity index (χ0) is 14.8. The number of anilines is 2. The third-order valence-corrected chi connectivity index (χ3v) is 3.95. The molecule has 0 aromatic carbocycles. The minimum Gasteiger partial charge on any atom is -0.356 e. The van der Waals surface area contributed by atoms with Crippen LogP contribution in [0.3, 0.4) is 0 Å². The molecule has 0 spiro atoms. The summed E-state index contributed by atoms with van der Waals surface area (Å²) >= 11 is 0. The van der Waals surface area contributed by atoms with Gasteiger partial charge < -0.3 is 10.3 Å². The van der Waals surface area contributed by atoms with Gasteiger partial charge in [0.05, 0.1) is 0 Å². The van der Waals surface area contributed by atoms with E-state index in [4.69, 9.17) is 10.8 Å². The van der Waals surface area contributed by atoms with Crippen LogP contribution in [0.4, 0.5) is 11.6 Å². The van der Waals surface area contributed by atoms with Crippen LogP contribution in [-0.4, -0.2) is 23.1 Å². The van der Waals surface area contributed by atoms with Crippen LogP contribution in [0.2, 0.25) is 0 Å². The highest BCUT2D eigenvalue weighted by molar-refractivity contribution is 5.49. The second kappa shape index (κ2) is 5.95. The number of hydrazine groups is 1. The van der Waals surface area contributed by atoms with Crippen LogP contribution >= 0.6 is 0 Å². The Morgan fingerprint density at radius 3 is 2.75 bits per heavy atom. The molecule has 1 atom stereocenters. The predicted molar refractivity (Wildman–Crippen MR) is 83.8 cm³/mol. The quantitative estimate of drug-likeness (QED) is 0.657. The summed E-state index contributed by atoms with van der Waals surface area (Å²) in [6.07, 6.45) is 3.79. The van der Waals surface area contributed by atoms with Crippen LogP contribution in [0.15, 0.2) is 6.07 Å². The van der Waals surface area contributed by atoms with Gasteiger partial charge in [0.15, 0.2) is 0 Å². The van der Waals surface area contributed by atoms with E-state index in [2.05, 4.69) is 43.0 Å². The Balaban J connectivity index is 2.30. The molecule has 112 valence electrons. The fourth-order valence-electron chi connectivity index (χ4n) is 2.61. The van der Waals surface area contributed by atoms with Gasteiger partial charge in [-0.05, 0) is 18.8 Å². The monoisotopic (exact) mass is 277 g/mol. The van der Waals surface area contributed by atoms with Crippen molar-refractivity contribution in [3.63, 3.8) is 0 Å². The maximum atomic E-state index is 5.56. The van der Waals surface area contributed by atoms with Gasteiger partial charge >= 0.3 is 0 Å². The zero-order valence-corrected chi connectivity index (χ0v) is 13.1. The largest absolute Gasteiger partial charge is 0.356 e. The third-order valence-electron chi connectivity index (χ3n) is 3.95. The molecular weight excluding hydrogens is 250 g/mol. The topological polar surface area (TPSA) is 67.1 Å². The molecule has 2 rings (SSSR count). The first-order valence-corrected chi connectivity index (χ1v) is 7.55. The Morgan fingerprint density at radius 1 is 1.40 bits per heavy atom. The molecule has 5 heteroatoms. The normalized spacial score (nSPS) is 20.1. The van der Waals surface area contributed by atoms with Crippen molar-refractivity contribution in [2.45, 2.75) is 52.4 Å². The number of aromatic nitrogens is 2. The fraction of sp³-hybridized carbons (Fsp3) is 0.733. The molecule has 1 saturated heterocycles. The van der Waals surface area contributed by atoms with E-state index in [1.165, 1.54) is 19.3 Å². The Labute approximate surface area is 121 Å². The maximum Gasteiger partial charge on any atom is 0.145 e. The van der Waals surface area contributed by atoms with E-state index >= 15 is 0 Å². The molecule has 1 aliphatic heterocycles. The van der Waals surface area contributed by atoms with E-state index < -0.39 is 0 Å². The molecule has 20 heavy (non-hydrogen) atoms. The molecule has 1 aromatic heterocycles. The van der Waals surface area contributed by atoms with Gasteiger partial charge in [0.2, 0.25) is 0 Å². The lowest BCUT2D eigenvalue weighted by atomic mass is 9.95. The molecule has 0 bridgehead atoms. The maximum absolute atomic E-state index is 5.56. The number of nitrogens with zero attached hydrogens (tertiary/aromatic N) is 3. The summed E-state index contributed by atoms with van der Waals surface area (Å²) in [5, 5.41) is 0. The van der Waals surface area contributed by atoms with Crippen molar-refractivity contribution in [1.82, 2.24) is 9.97 Å². The van der Waals surface area contributed by atoms with Gasteiger partial charge in [-0.3, -0.25) is 0 Å². The SMILES string of the molecule is CCC1CCCN(c2cc(NN)nc(C(C)(C)C)n2)C1. The van der Waals surface area contributed by atoms with Gasteiger partial charge in [0.25, 0.3) is 0 Å². The minimum absolute atomic E-state index is 0.0818. The molecule has 0 radical (unpaired) electrons. The molecular formula is C15H27N5. The van der Waals surface area contributed by atoms with E-state index in [0.29, 0.717) is 5.82 Å². The van der Waals surface area contributed by atoms with Crippen molar-refractivity contribution in [1.29, 1.82) is 0 Å². The summed E-state index contributed by atoms with van der Waals surface area (Å²) in [6, 6.07) is 1.95. The van der Waals surface area contributed by atoms with Crippen molar-refractivity contribution in [3.05, 3.63) is 11.9 Å². The Morgan fingerprint density at radius 2 is 2.15 bits per heavy atom. The predicted octanol–water partition coefficient (Wildman–Crippen LogP) is 2.69. The summed E-state index contributed by atoms with van der Waals surface area (Å²) in [4.78, 5) is 11.6. The van der Waals surface area contributed by atoms with E-state index in [1.54, 1.807) is 0 Å². The highest BCUT2D eigenvalue weighted by Gasteiger charge is 2.23. The van der Waals surface area contributed by atoms with Crippen LogP contribution in [0.25, 0.3) is 0 Å². The second-order valence-corrected chi connectivity index (χ2v) is 6.69. The van der Waals surface area contributed by atoms with Gasteiger partial charge in [-0.2, -0.15) is 0 Å². The van der Waals surface area contributed by atoms with E-state index in [9.17, 15) is 0 Å². The van der Waals surface area contributed by atoms with Gasteiger partial charge in [-0.1, -0.05) is 34.1 Å². The molecule has 2 heterocycles. The minimum atomic E-state index is -0.0818. The molecule has 0 saturated carbocycles. The van der Waals surface area contributed by atoms with E-state index in [-0.39, 0.29) is 5.41 Å². The summed E-state index contributed by atoms with van der Waals surface area (Å²) in [5.41, 5.74) is 2.58. The molecule has 1 unspecified atom stereocenters. The Bertz CT molecular complexity index is 452. The average Bonchev–Trinajstić information content (AvgIpc) is 2.46. The van der Waals surface area contributed by atoms with Crippen LogP contribution in [0.5, 0.6) is 0 Å². The number of hydrogen-bond acceptors (Lipinski definition) is 5. The zero-order valence-electron chi connectivity index (χ0n) is 13.1. The summed E-state index contributed by atoms with van der Waals surface area (Å²) < 4.78 is 0. The van der Waals surface area contributed by atoms with Crippen LogP contribution < -0.4 is 16.2 Å². The number of piperidine rings is 1. The molecule has 3 N–H and O–H groups in total. The van der Waals surface area contributed by atoms with Crippen LogP contribution in [0, 0.1) is 5.92 Å². The first-order chi connectivity index (χ1) is 9.44. The number of hydrogen-bond donors (Lipinski definition) is 2. The second-order valence-electron chi connectivity index (χ2n) is 6.69. The number of nitrogens with one attached hydrogen (secondary N) is 1. The molecule has 5 nitrogen and oxygen atoms in total. The lowest BCUT2D eigenvalue weighted by Crippen LogP contribution is -2.36. The number of nitrogen functional groups attached to an aromatic ring is 1. The summed E-state index contributed by atoms with van der Waals surface area (Å²) in [7, 11) is 0. The molecule has 0 amide bonds. The Kier molecular flexibility index (Phi) is 4.48. The van der Waals surface area contributed by atoms with Gasteiger partial charge in [-0.15, -0.1) is 0 Å². The lowest BCUT2D eigenvalue weighted by molar-refractivity contribution is 0.402. The first-order valence-electron chi connectivity index (χ1n) is 7.55. The standard InChI is InChI=1S/C15H27N5/c1-5-11-7-6-8-20(10-11)13-9-12(19-16)17-14(18-13)15(2,3)4/h9,11H,5-8,10,16H2,1-4H3,(H,17,18,19). The number of nitrogens with two attached hydrogens (primary N) is 1. The molecule has 1 aliphatic rings. The Hall–Kier alpha value is -1.36. The van der Waals surface area contributed by atoms with Crippen molar-refractivity contribution < 1.29 is 0 Å². The fourth-order valence-corrected chi connectivity index (χ4v) is 2.61. The smallest absolute Gasteiger partial charge is 0.145 e. The summed E-state index contributed by atoms with van der Waals surface area (Å²) in [5.74, 6) is 8.85. The molecule has 1 fully saturated rings. The van der Waals surface area contributed by atoms with Gasteiger partial charge in [0.1, 0.15) is 17.5 Å². The van der Waals surface area contributed by atoms with Gasteiger partial charge in [-0.25, -0.2) is 15.8 Å². The van der Waals surface area contributed by atoms with Crippen LogP contribution in [-0.2, 0) is 5.41 Å². The molecule has 1 aromatic rings. The van der Waals surface area contributed by atoms with Gasteiger partial charge in [0, 0.05) is 24.6 Å². The van der Waals surface area contributed by atoms with Crippen LogP contribution in [0.1, 0.15) is 52.8 Å². The van der Waals surface area contributed by atoms with Crippen molar-refractivity contribution in [3.8, 4) is 0 Å². The lowest BCUT2D eigenvalue weighted by Gasteiger charge is -2.34. The molecule has 0 aliphatic carbocycles. The average molecular weight is 277 g/mol. The van der Waals surface area contributed by atoms with Crippen molar-refractivity contribution in [2.75, 3.05) is 23.4 Å². The van der Waals surface area contributed by atoms with Crippen molar-refractivity contribution >= 4 is 11.6 Å². The number of rotatable bonds is 3. The highest BCUT2D eigenvalue weighted by Crippen LogP contribution is 2.27. The highest BCUT2D eigenvalue weighted by atomic mass is 15.3. The van der Waals surface area contributed by atoms with E-state index in [1.807, 2.05) is 6.07 Å².